The maximum absolute atomic E-state index is 14.8. The summed E-state index contributed by atoms with van der Waals surface area (Å²) in [5.41, 5.74) is 21.1. The molecule has 1 fully saturated rings. The number of carbonyl (C=O) groups excluding carboxylic acids is 6. The first kappa shape index (κ1) is 57.8. The Bertz CT molecular complexity index is 3130. The van der Waals surface area contributed by atoms with E-state index in [-0.39, 0.29) is 81.4 Å². The number of amides is 6. The molecule has 0 bridgehead atoms. The number of nitrogens with two attached hydrogens (primary N) is 3. The molecule has 0 unspecified atom stereocenters. The van der Waals surface area contributed by atoms with E-state index in [1.165, 1.54) is 29.2 Å². The molecule has 0 radical (unpaired) electrons. The predicted molar refractivity (Wildman–Crippen MR) is 297 cm³/mol. The van der Waals surface area contributed by atoms with Gasteiger partial charge in [0.25, 0.3) is 0 Å². The lowest BCUT2D eigenvalue weighted by atomic mass is 9.99. The van der Waals surface area contributed by atoms with E-state index in [1.807, 2.05) is 62.4 Å². The first-order valence-electron chi connectivity index (χ1n) is 26.3. The fourth-order valence-electron chi connectivity index (χ4n) is 9.82. The Kier molecular flexibility index (Phi) is 19.7. The molecule has 1 aliphatic heterocycles. The molecule has 16 N–H and O–H groups in total. The third kappa shape index (κ3) is 15.8. The second-order valence-electron chi connectivity index (χ2n) is 20.4. The third-order valence-corrected chi connectivity index (χ3v) is 13.9. The molecular formula is C57H70N12O10. The van der Waals surface area contributed by atoms with Crippen molar-refractivity contribution in [2.75, 3.05) is 13.1 Å². The smallest absolute Gasteiger partial charge is 0.326 e. The molecule has 3 heterocycles. The average Bonchev–Trinajstić information content (AvgIpc) is 4.22. The normalized spacial score (nSPS) is 15.5. The number of nitrogens with zero attached hydrogens (tertiary/aromatic N) is 2. The Morgan fingerprint density at radius 2 is 1.11 bits per heavy atom. The number of guanidine groups is 1. The van der Waals surface area contributed by atoms with E-state index in [2.05, 4.69) is 41.5 Å². The van der Waals surface area contributed by atoms with Crippen LogP contribution in [0.3, 0.4) is 0 Å². The van der Waals surface area contributed by atoms with Crippen molar-refractivity contribution in [3.63, 3.8) is 0 Å². The number of rotatable bonds is 26. The number of para-hydroxylation sites is 2. The number of H-pyrrole nitrogens is 2. The molecule has 1 saturated heterocycles. The van der Waals surface area contributed by atoms with Gasteiger partial charge in [0.05, 0.1) is 6.04 Å². The lowest BCUT2D eigenvalue weighted by Gasteiger charge is -2.31. The molecule has 22 nitrogen and oxygen atoms in total. The summed E-state index contributed by atoms with van der Waals surface area (Å²) in [6.07, 6.45) is 4.42. The van der Waals surface area contributed by atoms with Gasteiger partial charge in [-0.2, -0.15) is 0 Å². The van der Waals surface area contributed by atoms with Crippen LogP contribution in [0.15, 0.2) is 114 Å². The van der Waals surface area contributed by atoms with Crippen LogP contribution in [-0.4, -0.2) is 133 Å². The SMILES string of the molecule is CC(C)C[C@H](NC(=O)[C@@H]1CCCN1C(=O)[C@H](Cc1ccc(O)cc1)NC(=O)[C@@H](N)CCCN=C(N)N)C(=O)N[C@@H](Cc1ccc(O)cc1)C(=O)N[C@@H](Cc1c[nH]c2ccccc12)C(=O)N[C@@H](Cc1c[nH]c2ccccc12)C(=O)O. The van der Waals surface area contributed by atoms with Crippen LogP contribution in [0.25, 0.3) is 21.8 Å². The van der Waals surface area contributed by atoms with E-state index in [0.717, 1.165) is 21.8 Å². The summed E-state index contributed by atoms with van der Waals surface area (Å²) in [5, 5.41) is 45.9. The number of phenolic OH excluding ortho intramolecular Hbond substituents is 2. The molecule has 22 heteroatoms. The second kappa shape index (κ2) is 26.9. The molecule has 0 spiro atoms. The Hall–Kier alpha value is -8.92. The van der Waals surface area contributed by atoms with Gasteiger partial charge in [-0.05, 0) is 96.7 Å². The molecular weight excluding hydrogens is 1010 g/mol. The van der Waals surface area contributed by atoms with Crippen LogP contribution in [0.2, 0.25) is 0 Å². The predicted octanol–water partition coefficient (Wildman–Crippen LogP) is 2.26. The van der Waals surface area contributed by atoms with E-state index in [9.17, 15) is 48.9 Å². The molecule has 6 aromatic rings. The zero-order chi connectivity index (χ0) is 56.8. The largest absolute Gasteiger partial charge is 0.508 e. The van der Waals surface area contributed by atoms with Gasteiger partial charge in [-0.15, -0.1) is 0 Å². The molecule has 6 amide bonds. The lowest BCUT2D eigenvalue weighted by molar-refractivity contribution is -0.142. The molecule has 418 valence electrons. The highest BCUT2D eigenvalue weighted by atomic mass is 16.4. The minimum Gasteiger partial charge on any atom is -0.508 e. The van der Waals surface area contributed by atoms with Crippen molar-refractivity contribution >= 4 is 69.2 Å². The van der Waals surface area contributed by atoms with Gasteiger partial charge in [0, 0.05) is 73.0 Å². The van der Waals surface area contributed by atoms with Crippen LogP contribution in [-0.2, 0) is 59.2 Å². The van der Waals surface area contributed by atoms with E-state index in [4.69, 9.17) is 17.2 Å². The number of fused-ring (bicyclic) bond motifs is 2. The van der Waals surface area contributed by atoms with Crippen molar-refractivity contribution in [1.82, 2.24) is 41.5 Å². The highest BCUT2D eigenvalue weighted by Crippen LogP contribution is 2.24. The molecule has 0 aliphatic carbocycles. The topological polar surface area (TPSA) is 366 Å². The van der Waals surface area contributed by atoms with E-state index < -0.39 is 83.7 Å². The number of hydrogen-bond donors (Lipinski definition) is 13. The zero-order valence-corrected chi connectivity index (χ0v) is 44.1. The van der Waals surface area contributed by atoms with Crippen LogP contribution < -0.4 is 43.8 Å². The van der Waals surface area contributed by atoms with Gasteiger partial charge in [0.1, 0.15) is 47.8 Å². The zero-order valence-electron chi connectivity index (χ0n) is 44.1. The Morgan fingerprint density at radius 3 is 1.65 bits per heavy atom. The van der Waals surface area contributed by atoms with E-state index >= 15 is 0 Å². The van der Waals surface area contributed by atoms with Gasteiger partial charge in [-0.25, -0.2) is 4.79 Å². The first-order valence-corrected chi connectivity index (χ1v) is 26.3. The highest BCUT2D eigenvalue weighted by Gasteiger charge is 2.40. The number of aromatic amines is 2. The summed E-state index contributed by atoms with van der Waals surface area (Å²) < 4.78 is 0. The summed E-state index contributed by atoms with van der Waals surface area (Å²) in [7, 11) is 0. The van der Waals surface area contributed by atoms with Gasteiger partial charge in [-0.1, -0.05) is 74.5 Å². The highest BCUT2D eigenvalue weighted by molar-refractivity contribution is 5.98. The number of hydrogen-bond acceptors (Lipinski definition) is 11. The summed E-state index contributed by atoms with van der Waals surface area (Å²) in [4.78, 5) is 111. The number of aromatic nitrogens is 2. The fraction of sp³-hybridized carbons (Fsp3) is 0.368. The number of aliphatic imine (C=N–C) groups is 1. The van der Waals surface area contributed by atoms with Gasteiger partial charge in [0.2, 0.25) is 35.4 Å². The lowest BCUT2D eigenvalue weighted by Crippen LogP contribution is -2.60. The minimum atomic E-state index is -1.41. The van der Waals surface area contributed by atoms with E-state index in [1.54, 1.807) is 36.7 Å². The first-order chi connectivity index (χ1) is 37.8. The maximum atomic E-state index is 14.8. The standard InChI is InChI=1S/C57H70N12O10/c1-32(2)25-44(66-54(76)49-14-8-24-69(49)55(77)47(27-34-17-21-38(71)22-18-34)67-50(72)41(58)11-7-23-61-57(59)60)51(73)64-45(26-33-15-19-37(70)20-16-33)52(74)65-46(28-35-30-62-42-12-5-3-9-39(35)42)53(75)68-48(56(78)79)29-36-31-63-43-13-6-4-10-40(36)43/h3-6,9-10,12-13,15-22,30-32,41,44-49,62-63,70-71H,7-8,11,14,23-29,58H2,1-2H3,(H,64,73)(H,65,74)(H,66,76)(H,67,72)(H,68,75)(H,78,79)(H4,59,60,61)/t41-,44-,45-,46-,47-,48-,49-/m0/s1. The number of likely N-dealkylation sites (tertiary alicyclic amines) is 1. The second-order valence-corrected chi connectivity index (χ2v) is 20.4. The van der Waals surface area contributed by atoms with Crippen molar-refractivity contribution in [3.8, 4) is 11.5 Å². The number of carboxylic acid groups (broad SMARTS) is 1. The monoisotopic (exact) mass is 1080 g/mol. The number of phenols is 2. The number of nitrogens with one attached hydrogen (secondary N) is 7. The number of carboxylic acids is 1. The van der Waals surface area contributed by atoms with Crippen molar-refractivity contribution < 1.29 is 48.9 Å². The number of benzene rings is 4. The summed E-state index contributed by atoms with van der Waals surface area (Å²) >= 11 is 0. The molecule has 4 aromatic carbocycles. The molecule has 7 rings (SSSR count). The number of aromatic hydroxyl groups is 2. The fourth-order valence-corrected chi connectivity index (χ4v) is 9.82. The maximum Gasteiger partial charge on any atom is 0.326 e. The van der Waals surface area contributed by atoms with Crippen LogP contribution in [0, 0.1) is 5.92 Å². The number of aliphatic carboxylic acids is 1. The van der Waals surface area contributed by atoms with Crippen molar-refractivity contribution in [2.24, 2.45) is 28.1 Å². The van der Waals surface area contributed by atoms with Crippen molar-refractivity contribution in [2.45, 2.75) is 114 Å². The van der Waals surface area contributed by atoms with Crippen molar-refractivity contribution in [3.05, 3.63) is 132 Å². The minimum absolute atomic E-state index is 0.000332. The van der Waals surface area contributed by atoms with Gasteiger partial charge in [-0.3, -0.25) is 33.8 Å². The molecule has 79 heavy (non-hydrogen) atoms. The van der Waals surface area contributed by atoms with Crippen LogP contribution in [0.4, 0.5) is 0 Å². The summed E-state index contributed by atoms with van der Waals surface area (Å²) in [6.45, 7) is 4.08. The Balaban J connectivity index is 1.11. The Morgan fingerprint density at radius 1 is 0.633 bits per heavy atom. The molecule has 1 aliphatic rings. The molecule has 0 saturated carbocycles. The van der Waals surface area contributed by atoms with Gasteiger partial charge < -0.3 is 74.0 Å². The molecule has 7 atom stereocenters. The third-order valence-electron chi connectivity index (χ3n) is 13.9. The van der Waals surface area contributed by atoms with E-state index in [0.29, 0.717) is 35.1 Å². The number of carbonyl (C=O) groups is 7. The molecule has 2 aromatic heterocycles. The van der Waals surface area contributed by atoms with Crippen LogP contribution in [0.1, 0.15) is 68.2 Å². The Labute approximate surface area is 456 Å². The van der Waals surface area contributed by atoms with Gasteiger partial charge in [0.15, 0.2) is 5.96 Å². The average molecular weight is 1080 g/mol. The summed E-state index contributed by atoms with van der Waals surface area (Å²) in [6, 6.07) is 18.1. The van der Waals surface area contributed by atoms with Crippen molar-refractivity contribution in [1.29, 1.82) is 0 Å². The van der Waals surface area contributed by atoms with Gasteiger partial charge >= 0.3 is 5.97 Å². The summed E-state index contributed by atoms with van der Waals surface area (Å²) in [5.74, 6) is -5.80. The van der Waals surface area contributed by atoms with Crippen LogP contribution in [0.5, 0.6) is 11.5 Å². The van der Waals surface area contributed by atoms with Crippen LogP contribution >= 0.6 is 0 Å². The quantitative estimate of drug-likeness (QED) is 0.0211.